The van der Waals surface area contributed by atoms with Gasteiger partial charge in [-0.05, 0) is 13.1 Å². The molecule has 0 N–H and O–H groups in total. The van der Waals surface area contributed by atoms with E-state index in [1.807, 2.05) is 0 Å². The molecule has 50 valence electrons. The Morgan fingerprint density at radius 3 is 1.75 bits per heavy atom. The Morgan fingerprint density at radius 1 is 1.38 bits per heavy atom. The molecule has 0 fully saturated rings. The lowest BCUT2D eigenvalue weighted by Crippen LogP contribution is -2.21. The fourth-order valence-corrected chi connectivity index (χ4v) is 1.10. The average Bonchev–Trinajstić information content (AvgIpc) is 1.21. The standard InChI is InChI=1S/C4H9F3Si/c1-8(2,7)3-4(5)6/h4H,3H2,1-2H3. The Morgan fingerprint density at radius 2 is 1.75 bits per heavy atom. The van der Waals surface area contributed by atoms with E-state index in [0.29, 0.717) is 0 Å². The molecule has 0 saturated carbocycles. The van der Waals surface area contributed by atoms with Crippen molar-refractivity contribution < 1.29 is 12.9 Å². The van der Waals surface area contributed by atoms with Crippen molar-refractivity contribution in [3.63, 3.8) is 0 Å². The summed E-state index contributed by atoms with van der Waals surface area (Å²) < 4.78 is 34.9. The Balaban J connectivity index is 3.39. The van der Waals surface area contributed by atoms with Crippen molar-refractivity contribution in [1.82, 2.24) is 0 Å². The van der Waals surface area contributed by atoms with Crippen molar-refractivity contribution in [3.8, 4) is 0 Å². The van der Waals surface area contributed by atoms with E-state index < -0.39 is 20.9 Å². The Labute approximate surface area is 47.9 Å². The number of hydrogen-bond donors (Lipinski definition) is 0. The van der Waals surface area contributed by atoms with E-state index in [1.54, 1.807) is 0 Å². The average molecular weight is 142 g/mol. The van der Waals surface area contributed by atoms with E-state index in [-0.39, 0.29) is 0 Å². The lowest BCUT2D eigenvalue weighted by atomic mass is 10.9. The van der Waals surface area contributed by atoms with Crippen molar-refractivity contribution in [2.24, 2.45) is 0 Å². The molecule has 0 amide bonds. The van der Waals surface area contributed by atoms with Crippen LogP contribution in [0.15, 0.2) is 0 Å². The van der Waals surface area contributed by atoms with Crippen molar-refractivity contribution in [2.45, 2.75) is 25.6 Å². The van der Waals surface area contributed by atoms with Crippen LogP contribution in [0, 0.1) is 0 Å². The maximum Gasteiger partial charge on any atom is 0.246 e. The van der Waals surface area contributed by atoms with Gasteiger partial charge in [0.2, 0.25) is 14.8 Å². The summed E-state index contributed by atoms with van der Waals surface area (Å²) in [7, 11) is -2.97. The first-order valence-corrected chi connectivity index (χ1v) is 5.47. The first-order chi connectivity index (χ1) is 3.42. The lowest BCUT2D eigenvalue weighted by molar-refractivity contribution is 0.167. The van der Waals surface area contributed by atoms with Crippen molar-refractivity contribution in [2.75, 3.05) is 0 Å². The smallest absolute Gasteiger partial charge is 0.246 e. The van der Waals surface area contributed by atoms with Gasteiger partial charge in [-0.1, -0.05) is 0 Å². The van der Waals surface area contributed by atoms with Gasteiger partial charge in [0.05, 0.1) is 0 Å². The summed E-state index contributed by atoms with van der Waals surface area (Å²) in [6.07, 6.45) is -2.47. The normalized spacial score (nSPS) is 12.8. The minimum atomic E-state index is -2.97. The lowest BCUT2D eigenvalue weighted by Gasteiger charge is -2.07. The zero-order chi connectivity index (χ0) is 6.78. The predicted molar refractivity (Wildman–Crippen MR) is 29.4 cm³/mol. The van der Waals surface area contributed by atoms with Crippen LogP contribution in [-0.4, -0.2) is 14.8 Å². The maximum atomic E-state index is 12.3. The van der Waals surface area contributed by atoms with Gasteiger partial charge in [0.25, 0.3) is 0 Å². The first kappa shape index (κ1) is 8.01. The van der Waals surface area contributed by atoms with E-state index >= 15 is 0 Å². The van der Waals surface area contributed by atoms with Gasteiger partial charge in [-0.25, -0.2) is 8.78 Å². The molecule has 0 heterocycles. The summed E-state index contributed by atoms with van der Waals surface area (Å²) in [6.45, 7) is 2.55. The minimum Gasteiger partial charge on any atom is -0.314 e. The van der Waals surface area contributed by atoms with E-state index in [2.05, 4.69) is 0 Å². The Kier molecular flexibility index (Phi) is 2.53. The number of hydrogen-bond acceptors (Lipinski definition) is 0. The van der Waals surface area contributed by atoms with Gasteiger partial charge in [-0.15, -0.1) is 0 Å². The van der Waals surface area contributed by atoms with Crippen LogP contribution in [0.2, 0.25) is 19.1 Å². The molecule has 0 bridgehead atoms. The number of halogens is 3. The topological polar surface area (TPSA) is 0 Å². The molecule has 0 aromatic heterocycles. The molecule has 0 saturated heterocycles. The third kappa shape index (κ3) is 6.01. The fourth-order valence-electron chi connectivity index (χ4n) is 0.367. The molecule has 8 heavy (non-hydrogen) atoms. The van der Waals surface area contributed by atoms with Gasteiger partial charge in [0, 0.05) is 6.04 Å². The Bertz CT molecular complexity index is 66.2. The van der Waals surface area contributed by atoms with E-state index in [9.17, 15) is 12.9 Å². The van der Waals surface area contributed by atoms with E-state index in [4.69, 9.17) is 0 Å². The van der Waals surface area contributed by atoms with Crippen LogP contribution in [0.4, 0.5) is 12.9 Å². The van der Waals surface area contributed by atoms with Crippen molar-refractivity contribution >= 4 is 8.41 Å². The van der Waals surface area contributed by atoms with Crippen LogP contribution < -0.4 is 0 Å². The van der Waals surface area contributed by atoms with Gasteiger partial charge in [-0.3, -0.25) is 0 Å². The molecule has 0 aliphatic carbocycles. The summed E-state index contributed by atoms with van der Waals surface area (Å²) in [4.78, 5) is 0. The molecule has 4 heteroatoms. The molecule has 0 rings (SSSR count). The number of rotatable bonds is 2. The summed E-state index contributed by atoms with van der Waals surface area (Å²) in [5.74, 6) is 0. The molecule has 0 nitrogen and oxygen atoms in total. The highest BCUT2D eigenvalue weighted by Gasteiger charge is 2.25. The van der Waals surface area contributed by atoms with Gasteiger partial charge in [0.1, 0.15) is 0 Å². The van der Waals surface area contributed by atoms with Gasteiger partial charge in [0.15, 0.2) is 0 Å². The fraction of sp³-hybridized carbons (Fsp3) is 1.00. The predicted octanol–water partition coefficient (Wildman–Crippen LogP) is 2.43. The van der Waals surface area contributed by atoms with E-state index in [1.165, 1.54) is 13.1 Å². The summed E-state index contributed by atoms with van der Waals surface area (Å²) in [5.41, 5.74) is 0. The zero-order valence-electron chi connectivity index (χ0n) is 4.92. The van der Waals surface area contributed by atoms with Crippen LogP contribution in [0.5, 0.6) is 0 Å². The molecule has 0 spiro atoms. The molecule has 0 aromatic carbocycles. The highest BCUT2D eigenvalue weighted by Crippen LogP contribution is 2.15. The summed E-state index contributed by atoms with van der Waals surface area (Å²) in [6, 6.07) is -0.535. The second-order valence-corrected chi connectivity index (χ2v) is 6.16. The van der Waals surface area contributed by atoms with Crippen LogP contribution in [0.3, 0.4) is 0 Å². The SMILES string of the molecule is C[Si](C)(F)CC(F)F. The molecular weight excluding hydrogens is 133 g/mol. The Hall–Kier alpha value is 0.00688. The quantitative estimate of drug-likeness (QED) is 0.410. The third-order valence-electron chi connectivity index (χ3n) is 0.640. The summed E-state index contributed by atoms with van der Waals surface area (Å²) in [5, 5.41) is 0. The highest BCUT2D eigenvalue weighted by molar-refractivity contribution is 6.70. The van der Waals surface area contributed by atoms with E-state index in [0.717, 1.165) is 0 Å². The van der Waals surface area contributed by atoms with Crippen LogP contribution in [0.25, 0.3) is 0 Å². The second kappa shape index (κ2) is 2.52. The molecular formula is C4H9F3Si. The van der Waals surface area contributed by atoms with Gasteiger partial charge < -0.3 is 4.11 Å². The number of alkyl halides is 2. The monoisotopic (exact) mass is 142 g/mol. The van der Waals surface area contributed by atoms with Crippen LogP contribution >= 0.6 is 0 Å². The molecule has 0 aromatic rings. The third-order valence-corrected chi connectivity index (χ3v) is 1.92. The minimum absolute atomic E-state index is 0.535. The molecule has 0 aliphatic rings. The summed E-state index contributed by atoms with van der Waals surface area (Å²) >= 11 is 0. The first-order valence-electron chi connectivity index (χ1n) is 2.39. The van der Waals surface area contributed by atoms with Crippen LogP contribution in [0.1, 0.15) is 0 Å². The van der Waals surface area contributed by atoms with Gasteiger partial charge >= 0.3 is 0 Å². The van der Waals surface area contributed by atoms with Crippen LogP contribution in [-0.2, 0) is 0 Å². The molecule has 0 aliphatic heterocycles. The van der Waals surface area contributed by atoms with Crippen molar-refractivity contribution in [3.05, 3.63) is 0 Å². The molecule has 0 radical (unpaired) electrons. The molecule has 0 atom stereocenters. The maximum absolute atomic E-state index is 12.3. The van der Waals surface area contributed by atoms with Gasteiger partial charge in [-0.2, -0.15) is 0 Å². The zero-order valence-corrected chi connectivity index (χ0v) is 5.92. The van der Waals surface area contributed by atoms with Crippen molar-refractivity contribution in [1.29, 1.82) is 0 Å². The largest absolute Gasteiger partial charge is 0.314 e. The highest BCUT2D eigenvalue weighted by atomic mass is 28.4. The second-order valence-electron chi connectivity index (χ2n) is 2.31. The molecule has 0 unspecified atom stereocenters.